The van der Waals surface area contributed by atoms with Crippen molar-refractivity contribution in [2.45, 2.75) is 13.0 Å². The molecule has 9 heteroatoms. The van der Waals surface area contributed by atoms with Gasteiger partial charge in [-0.15, -0.1) is 0 Å². The molecule has 0 spiro atoms. The number of carbonyl (C=O) groups is 2. The fourth-order valence-corrected chi connectivity index (χ4v) is 5.29. The number of ether oxygens (including phenoxy) is 2. The number of Topliss-reactive ketones (excluding diaryl/α,β-unsaturated/α-hetero) is 1. The summed E-state index contributed by atoms with van der Waals surface area (Å²) in [6, 6.07) is 18.0. The Morgan fingerprint density at radius 1 is 1.06 bits per heavy atom. The van der Waals surface area contributed by atoms with Crippen LogP contribution in [0.3, 0.4) is 0 Å². The van der Waals surface area contributed by atoms with Crippen LogP contribution >= 0.6 is 22.9 Å². The first-order valence-corrected chi connectivity index (χ1v) is 12.3. The van der Waals surface area contributed by atoms with E-state index in [1.54, 1.807) is 55.6 Å². The van der Waals surface area contributed by atoms with Crippen LogP contribution in [-0.2, 0) is 9.59 Å². The van der Waals surface area contributed by atoms with Gasteiger partial charge in [0.25, 0.3) is 5.78 Å². The molecular weight excluding hydrogens is 500 g/mol. The first-order valence-electron chi connectivity index (χ1n) is 11.2. The molecule has 1 aliphatic heterocycles. The maximum Gasteiger partial charge on any atom is 0.301 e. The predicted octanol–water partition coefficient (Wildman–Crippen LogP) is 5.98. The number of anilines is 1. The molecule has 1 saturated heterocycles. The van der Waals surface area contributed by atoms with Gasteiger partial charge in [0.2, 0.25) is 0 Å². The fraction of sp³-hybridized carbons (Fsp3) is 0.148. The number of hydrogen-bond donors (Lipinski definition) is 1. The molecule has 7 nitrogen and oxygen atoms in total. The first-order chi connectivity index (χ1) is 17.4. The van der Waals surface area contributed by atoms with Crippen molar-refractivity contribution >= 4 is 55.7 Å². The largest absolute Gasteiger partial charge is 0.507 e. The van der Waals surface area contributed by atoms with Crippen LogP contribution in [0, 0.1) is 0 Å². The highest BCUT2D eigenvalue weighted by Gasteiger charge is 2.48. The van der Waals surface area contributed by atoms with E-state index in [9.17, 15) is 14.7 Å². The van der Waals surface area contributed by atoms with E-state index in [1.165, 1.54) is 16.2 Å². The molecule has 1 atom stereocenters. The van der Waals surface area contributed by atoms with E-state index in [2.05, 4.69) is 4.98 Å². The van der Waals surface area contributed by atoms with E-state index in [-0.39, 0.29) is 11.3 Å². The summed E-state index contributed by atoms with van der Waals surface area (Å²) in [5, 5.41) is 12.0. The average Bonchev–Trinajstić information content (AvgIpc) is 3.42. The Morgan fingerprint density at radius 2 is 1.75 bits per heavy atom. The summed E-state index contributed by atoms with van der Waals surface area (Å²) in [4.78, 5) is 32.7. The SMILES string of the molecule is CCOc1ccc2nc(N3C(=O)C(=O)C(=C(O)c4ccc(Cl)cc4)[C@@H]3c3ccc(OC)cc3)sc2c1. The summed E-state index contributed by atoms with van der Waals surface area (Å²) in [5.41, 5.74) is 1.65. The van der Waals surface area contributed by atoms with Gasteiger partial charge in [-0.05, 0) is 67.1 Å². The number of thiazole rings is 1. The molecule has 0 bridgehead atoms. The Bertz CT molecular complexity index is 1500. The van der Waals surface area contributed by atoms with Gasteiger partial charge in [-0.2, -0.15) is 0 Å². The molecule has 3 aromatic carbocycles. The summed E-state index contributed by atoms with van der Waals surface area (Å²) in [7, 11) is 1.55. The topological polar surface area (TPSA) is 89.0 Å². The van der Waals surface area contributed by atoms with Crippen molar-refractivity contribution in [1.82, 2.24) is 4.98 Å². The summed E-state index contributed by atoms with van der Waals surface area (Å²) in [5.74, 6) is -0.533. The molecule has 182 valence electrons. The summed E-state index contributed by atoms with van der Waals surface area (Å²) < 4.78 is 11.7. The Kier molecular flexibility index (Phi) is 6.38. The van der Waals surface area contributed by atoms with Crippen LogP contribution in [0.15, 0.2) is 72.3 Å². The van der Waals surface area contributed by atoms with Crippen molar-refractivity contribution in [3.05, 3.63) is 88.5 Å². The number of ketones is 1. The van der Waals surface area contributed by atoms with Crippen molar-refractivity contribution < 1.29 is 24.2 Å². The Balaban J connectivity index is 1.68. The van der Waals surface area contributed by atoms with Crippen LogP contribution < -0.4 is 14.4 Å². The molecule has 5 rings (SSSR count). The monoisotopic (exact) mass is 520 g/mol. The number of rotatable bonds is 6. The molecule has 36 heavy (non-hydrogen) atoms. The fourth-order valence-electron chi connectivity index (χ4n) is 4.15. The number of aromatic nitrogens is 1. The third-order valence-electron chi connectivity index (χ3n) is 5.86. The van der Waals surface area contributed by atoms with Crippen molar-refractivity contribution in [1.29, 1.82) is 0 Å². The minimum atomic E-state index is -0.890. The highest BCUT2D eigenvalue weighted by atomic mass is 35.5. The van der Waals surface area contributed by atoms with E-state index in [4.69, 9.17) is 21.1 Å². The van der Waals surface area contributed by atoms with Crippen LogP contribution in [0.5, 0.6) is 11.5 Å². The molecule has 0 aliphatic carbocycles. The molecule has 1 aliphatic rings. The molecule has 2 heterocycles. The maximum atomic E-state index is 13.4. The number of carbonyl (C=O) groups excluding carboxylic acids is 2. The Hall–Kier alpha value is -3.88. The van der Waals surface area contributed by atoms with Crippen molar-refractivity contribution in [3.63, 3.8) is 0 Å². The van der Waals surface area contributed by atoms with Gasteiger partial charge in [0.1, 0.15) is 17.3 Å². The van der Waals surface area contributed by atoms with E-state index in [1.807, 2.05) is 25.1 Å². The van der Waals surface area contributed by atoms with Gasteiger partial charge in [0.15, 0.2) is 5.13 Å². The second-order valence-corrected chi connectivity index (χ2v) is 9.45. The first kappa shape index (κ1) is 23.8. The lowest BCUT2D eigenvalue weighted by molar-refractivity contribution is -0.132. The van der Waals surface area contributed by atoms with Crippen LogP contribution in [0.25, 0.3) is 16.0 Å². The minimum absolute atomic E-state index is 0.0262. The van der Waals surface area contributed by atoms with E-state index < -0.39 is 17.7 Å². The standard InChI is InChI=1S/C27H21ClN2O5S/c1-3-35-19-12-13-20-21(14-19)36-27(29-20)30-23(15-6-10-18(34-2)11-7-15)22(25(32)26(30)33)24(31)16-4-8-17(28)9-5-16/h4-14,23,31H,3H2,1-2H3/t23-/m0/s1. The second-order valence-electron chi connectivity index (χ2n) is 8.01. The maximum absolute atomic E-state index is 13.4. The van der Waals surface area contributed by atoms with E-state index in [0.717, 1.165) is 4.70 Å². The van der Waals surface area contributed by atoms with Crippen LogP contribution in [0.4, 0.5) is 5.13 Å². The number of methoxy groups -OCH3 is 1. The van der Waals surface area contributed by atoms with Gasteiger partial charge >= 0.3 is 5.91 Å². The van der Waals surface area contributed by atoms with Crippen LogP contribution in [0.2, 0.25) is 5.02 Å². The quantitative estimate of drug-likeness (QED) is 0.191. The molecular formula is C27H21ClN2O5S. The van der Waals surface area contributed by atoms with Crippen molar-refractivity contribution in [2.75, 3.05) is 18.6 Å². The Labute approximate surface area is 216 Å². The highest BCUT2D eigenvalue weighted by molar-refractivity contribution is 7.22. The zero-order valence-corrected chi connectivity index (χ0v) is 21.0. The lowest BCUT2D eigenvalue weighted by Crippen LogP contribution is -2.29. The van der Waals surface area contributed by atoms with Crippen molar-refractivity contribution in [3.8, 4) is 11.5 Å². The van der Waals surface area contributed by atoms with E-state index >= 15 is 0 Å². The predicted molar refractivity (Wildman–Crippen MR) is 140 cm³/mol. The molecule has 0 unspecified atom stereocenters. The zero-order chi connectivity index (χ0) is 25.4. The summed E-state index contributed by atoms with van der Waals surface area (Å²) in [6.07, 6.45) is 0. The van der Waals surface area contributed by atoms with Gasteiger partial charge in [-0.25, -0.2) is 4.98 Å². The lowest BCUT2D eigenvalue weighted by Gasteiger charge is -2.23. The summed E-state index contributed by atoms with van der Waals surface area (Å²) >= 11 is 7.27. The smallest absolute Gasteiger partial charge is 0.301 e. The number of amides is 1. The van der Waals surface area contributed by atoms with Gasteiger partial charge in [0.05, 0.1) is 35.5 Å². The van der Waals surface area contributed by atoms with Gasteiger partial charge in [0, 0.05) is 10.6 Å². The van der Waals surface area contributed by atoms with Crippen molar-refractivity contribution in [2.24, 2.45) is 0 Å². The van der Waals surface area contributed by atoms with Crippen LogP contribution in [-0.4, -0.2) is 35.5 Å². The summed E-state index contributed by atoms with van der Waals surface area (Å²) in [6.45, 7) is 2.42. The third kappa shape index (κ3) is 4.19. The number of aliphatic hydroxyl groups excluding tert-OH is 1. The normalized spacial score (nSPS) is 17.1. The molecule has 1 amide bonds. The average molecular weight is 521 g/mol. The number of halogens is 1. The molecule has 0 radical (unpaired) electrons. The second kappa shape index (κ2) is 9.64. The molecule has 1 N–H and O–H groups in total. The number of fused-ring (bicyclic) bond motifs is 1. The van der Waals surface area contributed by atoms with E-state index in [0.29, 0.717) is 44.9 Å². The van der Waals surface area contributed by atoms with Gasteiger partial charge in [-0.1, -0.05) is 35.1 Å². The number of hydrogen-bond acceptors (Lipinski definition) is 7. The Morgan fingerprint density at radius 3 is 2.42 bits per heavy atom. The molecule has 0 saturated carbocycles. The highest BCUT2D eigenvalue weighted by Crippen LogP contribution is 2.45. The third-order valence-corrected chi connectivity index (χ3v) is 7.13. The number of nitrogens with zero attached hydrogens (tertiary/aromatic N) is 2. The van der Waals surface area contributed by atoms with Gasteiger partial charge in [-0.3, -0.25) is 14.5 Å². The van der Waals surface area contributed by atoms with Crippen LogP contribution in [0.1, 0.15) is 24.1 Å². The molecule has 4 aromatic rings. The minimum Gasteiger partial charge on any atom is -0.507 e. The van der Waals surface area contributed by atoms with Gasteiger partial charge < -0.3 is 14.6 Å². The molecule has 1 fully saturated rings. The lowest BCUT2D eigenvalue weighted by atomic mass is 9.95. The number of aliphatic hydroxyl groups is 1. The zero-order valence-electron chi connectivity index (χ0n) is 19.4. The number of benzene rings is 3. The molecule has 1 aromatic heterocycles.